The Labute approximate surface area is 119 Å². The topological polar surface area (TPSA) is 75.9 Å². The van der Waals surface area contributed by atoms with Crippen LogP contribution in [-0.2, 0) is 13.0 Å². The Balaban J connectivity index is 2.01. The van der Waals surface area contributed by atoms with E-state index in [2.05, 4.69) is 36.5 Å². The van der Waals surface area contributed by atoms with Crippen LogP contribution in [0.2, 0.25) is 0 Å². The highest BCUT2D eigenvalue weighted by molar-refractivity contribution is 9.10. The van der Waals surface area contributed by atoms with E-state index in [9.17, 15) is 0 Å². The molecule has 2 heterocycles. The summed E-state index contributed by atoms with van der Waals surface area (Å²) >= 11 is 3.52. The molecule has 0 radical (unpaired) electrons. The van der Waals surface area contributed by atoms with Crippen molar-refractivity contribution in [1.82, 2.24) is 15.3 Å². The highest BCUT2D eigenvalue weighted by Crippen LogP contribution is 2.28. The van der Waals surface area contributed by atoms with Gasteiger partial charge in [-0.25, -0.2) is 4.98 Å². The van der Waals surface area contributed by atoms with Gasteiger partial charge in [-0.2, -0.15) is 4.98 Å². The van der Waals surface area contributed by atoms with Crippen LogP contribution in [0, 0.1) is 0 Å². The molecule has 5 nitrogen and oxygen atoms in total. The van der Waals surface area contributed by atoms with Crippen molar-refractivity contribution in [2.75, 3.05) is 17.6 Å². The normalized spacial score (nSPS) is 13.9. The quantitative estimate of drug-likeness (QED) is 0.791. The molecular formula is C13H14BrN5. The van der Waals surface area contributed by atoms with Crippen molar-refractivity contribution in [3.05, 3.63) is 40.0 Å². The molecule has 1 aromatic heterocycles. The fourth-order valence-electron chi connectivity index (χ4n) is 2.17. The lowest BCUT2D eigenvalue weighted by molar-refractivity contribution is 0.626. The molecule has 0 amide bonds. The number of hydrogen-bond acceptors (Lipinski definition) is 5. The first-order valence-corrected chi connectivity index (χ1v) is 6.91. The van der Waals surface area contributed by atoms with Crippen molar-refractivity contribution in [2.24, 2.45) is 0 Å². The molecule has 2 aromatic rings. The standard InChI is InChI=1S/C13H14BrN5/c14-9-3-1-2-4-10(9)17-12-8-5-6-16-7-11(8)18-13(15)19-12/h1-4,16H,5-7H2,(H3,15,17,18,19). The fraction of sp³-hybridized carbons (Fsp3) is 0.231. The summed E-state index contributed by atoms with van der Waals surface area (Å²) in [6.07, 6.45) is 0.905. The number of hydrogen-bond donors (Lipinski definition) is 3. The van der Waals surface area contributed by atoms with Crippen LogP contribution in [0.4, 0.5) is 17.5 Å². The SMILES string of the molecule is Nc1nc2c(c(Nc3ccccc3Br)n1)CCNC2. The summed E-state index contributed by atoms with van der Waals surface area (Å²) < 4.78 is 0.995. The summed E-state index contributed by atoms with van der Waals surface area (Å²) in [5, 5.41) is 6.62. The highest BCUT2D eigenvalue weighted by atomic mass is 79.9. The first-order valence-electron chi connectivity index (χ1n) is 6.11. The highest BCUT2D eigenvalue weighted by Gasteiger charge is 2.17. The van der Waals surface area contributed by atoms with Gasteiger partial charge in [0, 0.05) is 16.6 Å². The Morgan fingerprint density at radius 1 is 1.26 bits per heavy atom. The molecule has 0 atom stereocenters. The smallest absolute Gasteiger partial charge is 0.222 e. The van der Waals surface area contributed by atoms with Gasteiger partial charge in [-0.05, 0) is 41.0 Å². The number of fused-ring (bicyclic) bond motifs is 1. The van der Waals surface area contributed by atoms with Gasteiger partial charge >= 0.3 is 0 Å². The molecule has 0 saturated heterocycles. The van der Waals surface area contributed by atoms with Gasteiger partial charge in [0.2, 0.25) is 5.95 Å². The van der Waals surface area contributed by atoms with Gasteiger partial charge in [0.05, 0.1) is 11.4 Å². The Morgan fingerprint density at radius 2 is 2.11 bits per heavy atom. The summed E-state index contributed by atoms with van der Waals surface area (Å²) in [4.78, 5) is 8.62. The van der Waals surface area contributed by atoms with E-state index >= 15 is 0 Å². The van der Waals surface area contributed by atoms with Crippen LogP contribution in [0.25, 0.3) is 0 Å². The van der Waals surface area contributed by atoms with Gasteiger partial charge in [0.25, 0.3) is 0 Å². The van der Waals surface area contributed by atoms with Crippen molar-refractivity contribution in [1.29, 1.82) is 0 Å². The van der Waals surface area contributed by atoms with Gasteiger partial charge in [0.15, 0.2) is 0 Å². The van der Waals surface area contributed by atoms with Crippen LogP contribution < -0.4 is 16.4 Å². The average molecular weight is 320 g/mol. The summed E-state index contributed by atoms with van der Waals surface area (Å²) in [7, 11) is 0. The Hall–Kier alpha value is -1.66. The predicted octanol–water partition coefficient (Wildman–Crippen LogP) is 2.21. The molecule has 6 heteroatoms. The molecule has 3 rings (SSSR count). The molecule has 0 aliphatic carbocycles. The Morgan fingerprint density at radius 3 is 2.95 bits per heavy atom. The van der Waals surface area contributed by atoms with Gasteiger partial charge < -0.3 is 16.4 Å². The number of nitrogen functional groups attached to an aromatic ring is 1. The van der Waals surface area contributed by atoms with Crippen molar-refractivity contribution >= 4 is 33.4 Å². The van der Waals surface area contributed by atoms with E-state index < -0.39 is 0 Å². The van der Waals surface area contributed by atoms with E-state index in [1.54, 1.807) is 0 Å². The van der Waals surface area contributed by atoms with Gasteiger partial charge in [-0.3, -0.25) is 0 Å². The van der Waals surface area contributed by atoms with E-state index in [1.165, 1.54) is 0 Å². The second kappa shape index (κ2) is 5.14. The zero-order chi connectivity index (χ0) is 13.2. The molecule has 4 N–H and O–H groups in total. The van der Waals surface area contributed by atoms with Crippen LogP contribution in [0.1, 0.15) is 11.3 Å². The zero-order valence-corrected chi connectivity index (χ0v) is 11.9. The fourth-order valence-corrected chi connectivity index (χ4v) is 2.56. The number of nitrogens with zero attached hydrogens (tertiary/aromatic N) is 2. The third kappa shape index (κ3) is 2.54. The minimum Gasteiger partial charge on any atom is -0.368 e. The lowest BCUT2D eigenvalue weighted by atomic mass is 10.1. The number of anilines is 3. The minimum absolute atomic E-state index is 0.303. The van der Waals surface area contributed by atoms with Crippen LogP contribution >= 0.6 is 15.9 Å². The molecule has 0 fully saturated rings. The first kappa shape index (κ1) is 12.4. The molecule has 1 aliphatic heterocycles. The number of nitrogens with one attached hydrogen (secondary N) is 2. The van der Waals surface area contributed by atoms with Crippen LogP contribution in [0.15, 0.2) is 28.7 Å². The van der Waals surface area contributed by atoms with E-state index in [4.69, 9.17) is 5.73 Å². The number of aromatic nitrogens is 2. The van der Waals surface area contributed by atoms with Gasteiger partial charge in [-0.1, -0.05) is 12.1 Å². The third-order valence-corrected chi connectivity index (χ3v) is 3.77. The minimum atomic E-state index is 0.303. The second-order valence-corrected chi connectivity index (χ2v) is 5.24. The monoisotopic (exact) mass is 319 g/mol. The molecule has 0 unspecified atom stereocenters. The molecule has 98 valence electrons. The Kier molecular flexibility index (Phi) is 3.35. The summed E-state index contributed by atoms with van der Waals surface area (Å²) in [5.41, 5.74) is 8.87. The lowest BCUT2D eigenvalue weighted by Crippen LogP contribution is -2.26. The van der Waals surface area contributed by atoms with Crippen molar-refractivity contribution in [2.45, 2.75) is 13.0 Å². The number of halogens is 1. The van der Waals surface area contributed by atoms with Gasteiger partial charge in [-0.15, -0.1) is 0 Å². The van der Waals surface area contributed by atoms with E-state index in [1.807, 2.05) is 24.3 Å². The largest absolute Gasteiger partial charge is 0.368 e. The second-order valence-electron chi connectivity index (χ2n) is 4.39. The molecule has 19 heavy (non-hydrogen) atoms. The maximum Gasteiger partial charge on any atom is 0.222 e. The maximum absolute atomic E-state index is 5.77. The van der Waals surface area contributed by atoms with Crippen molar-refractivity contribution < 1.29 is 0 Å². The Bertz CT molecular complexity index is 614. The average Bonchev–Trinajstić information content (AvgIpc) is 2.41. The van der Waals surface area contributed by atoms with Crippen molar-refractivity contribution in [3.63, 3.8) is 0 Å². The molecule has 1 aromatic carbocycles. The zero-order valence-electron chi connectivity index (χ0n) is 10.3. The van der Waals surface area contributed by atoms with E-state index in [0.717, 1.165) is 46.7 Å². The number of para-hydroxylation sites is 1. The summed E-state index contributed by atoms with van der Waals surface area (Å²) in [6.45, 7) is 1.68. The van der Waals surface area contributed by atoms with Gasteiger partial charge in [0.1, 0.15) is 5.82 Å². The molecule has 0 spiro atoms. The van der Waals surface area contributed by atoms with Crippen LogP contribution in [0.3, 0.4) is 0 Å². The summed E-state index contributed by atoms with van der Waals surface area (Å²) in [6, 6.07) is 7.94. The number of nitrogens with two attached hydrogens (primary N) is 1. The number of benzene rings is 1. The van der Waals surface area contributed by atoms with Crippen LogP contribution in [-0.4, -0.2) is 16.5 Å². The lowest BCUT2D eigenvalue weighted by Gasteiger charge is -2.20. The predicted molar refractivity (Wildman–Crippen MR) is 79.3 cm³/mol. The summed E-state index contributed by atoms with van der Waals surface area (Å²) in [5.74, 6) is 1.10. The molecule has 1 aliphatic rings. The molecule has 0 saturated carbocycles. The van der Waals surface area contributed by atoms with E-state index in [0.29, 0.717) is 5.95 Å². The maximum atomic E-state index is 5.77. The molecular weight excluding hydrogens is 306 g/mol. The first-order chi connectivity index (χ1) is 9.24. The van der Waals surface area contributed by atoms with E-state index in [-0.39, 0.29) is 0 Å². The van der Waals surface area contributed by atoms with Crippen LogP contribution in [0.5, 0.6) is 0 Å². The third-order valence-electron chi connectivity index (χ3n) is 3.08. The molecule has 0 bridgehead atoms. The number of rotatable bonds is 2. The van der Waals surface area contributed by atoms with Crippen molar-refractivity contribution in [3.8, 4) is 0 Å².